The van der Waals surface area contributed by atoms with E-state index in [0.717, 1.165) is 0 Å². The third kappa shape index (κ3) is 1.23. The predicted octanol–water partition coefficient (Wildman–Crippen LogP) is 5.21. The number of rotatable bonds is 0. The Labute approximate surface area is 103 Å². The second kappa shape index (κ2) is 3.31. The molecular weight excluding hydrogens is 224 g/mol. The van der Waals surface area contributed by atoms with E-state index < -0.39 is 0 Å². The van der Waals surface area contributed by atoms with Crippen LogP contribution in [0.15, 0.2) is 60.0 Å². The minimum Gasteiger partial charge on any atom is -0.144 e. The zero-order chi connectivity index (χ0) is 11.2. The van der Waals surface area contributed by atoms with Gasteiger partial charge < -0.3 is 0 Å². The summed E-state index contributed by atoms with van der Waals surface area (Å²) in [5.41, 5.74) is 0. The highest BCUT2D eigenvalue weighted by Gasteiger charge is 2.04. The summed E-state index contributed by atoms with van der Waals surface area (Å²) in [5, 5.41) is 8.92. The minimum absolute atomic E-state index is 1.31. The van der Waals surface area contributed by atoms with Gasteiger partial charge in [0, 0.05) is 10.1 Å². The van der Waals surface area contributed by atoms with Crippen LogP contribution in [0.3, 0.4) is 0 Å². The Morgan fingerprint density at radius 2 is 1.41 bits per heavy atom. The molecular formula is C16H10S. The highest BCUT2D eigenvalue weighted by atomic mass is 32.1. The Morgan fingerprint density at radius 3 is 2.41 bits per heavy atom. The molecule has 4 aromatic rings. The van der Waals surface area contributed by atoms with Crippen LogP contribution in [0.5, 0.6) is 0 Å². The van der Waals surface area contributed by atoms with Gasteiger partial charge in [0.1, 0.15) is 0 Å². The van der Waals surface area contributed by atoms with Crippen LogP contribution in [0.2, 0.25) is 0 Å². The maximum atomic E-state index is 2.25. The van der Waals surface area contributed by atoms with Crippen LogP contribution in [0.1, 0.15) is 0 Å². The zero-order valence-corrected chi connectivity index (χ0v) is 10.00. The molecule has 1 heterocycles. The fourth-order valence-corrected chi connectivity index (χ4v) is 3.34. The number of hydrogen-bond acceptors (Lipinski definition) is 1. The Kier molecular flexibility index (Phi) is 1.79. The summed E-state index contributed by atoms with van der Waals surface area (Å²) in [7, 11) is 0. The Balaban J connectivity index is 2.34. The van der Waals surface area contributed by atoms with E-state index in [1.54, 1.807) is 0 Å². The first-order valence-electron chi connectivity index (χ1n) is 5.71. The zero-order valence-electron chi connectivity index (χ0n) is 9.18. The van der Waals surface area contributed by atoms with E-state index in [0.29, 0.717) is 0 Å². The van der Waals surface area contributed by atoms with Crippen LogP contribution in [0.25, 0.3) is 31.6 Å². The van der Waals surface area contributed by atoms with Gasteiger partial charge in [0.2, 0.25) is 0 Å². The van der Waals surface area contributed by atoms with E-state index in [1.165, 1.54) is 31.6 Å². The van der Waals surface area contributed by atoms with E-state index in [9.17, 15) is 0 Å². The maximum Gasteiger partial charge on any atom is 0.0349 e. The topological polar surface area (TPSA) is 0 Å². The van der Waals surface area contributed by atoms with Crippen molar-refractivity contribution in [2.45, 2.75) is 0 Å². The van der Waals surface area contributed by atoms with Gasteiger partial charge in [0.05, 0.1) is 0 Å². The SMILES string of the molecule is c1ccc2c(c1)ccc1c3ccsc3ccc21. The Morgan fingerprint density at radius 1 is 0.588 bits per heavy atom. The molecule has 0 amide bonds. The molecule has 0 fully saturated rings. The molecule has 0 aliphatic rings. The molecule has 0 nitrogen and oxygen atoms in total. The van der Waals surface area contributed by atoms with Crippen LogP contribution in [0.4, 0.5) is 0 Å². The van der Waals surface area contributed by atoms with Crippen LogP contribution < -0.4 is 0 Å². The van der Waals surface area contributed by atoms with E-state index in [2.05, 4.69) is 60.0 Å². The average molecular weight is 234 g/mol. The summed E-state index contributed by atoms with van der Waals surface area (Å²) >= 11 is 1.81. The predicted molar refractivity (Wildman–Crippen MR) is 76.8 cm³/mol. The van der Waals surface area contributed by atoms with Crippen molar-refractivity contribution >= 4 is 43.0 Å². The fourth-order valence-electron chi connectivity index (χ4n) is 2.54. The number of thiophene rings is 1. The van der Waals surface area contributed by atoms with Gasteiger partial charge in [-0.05, 0) is 39.1 Å². The van der Waals surface area contributed by atoms with E-state index in [-0.39, 0.29) is 0 Å². The van der Waals surface area contributed by atoms with Crippen molar-refractivity contribution in [2.24, 2.45) is 0 Å². The summed E-state index contributed by atoms with van der Waals surface area (Å²) < 4.78 is 1.37. The molecule has 1 heteroatoms. The molecule has 80 valence electrons. The molecule has 0 saturated heterocycles. The van der Waals surface area contributed by atoms with Crippen molar-refractivity contribution in [2.75, 3.05) is 0 Å². The molecule has 17 heavy (non-hydrogen) atoms. The molecule has 0 aliphatic heterocycles. The van der Waals surface area contributed by atoms with Crippen molar-refractivity contribution in [3.8, 4) is 0 Å². The Hall–Kier alpha value is -1.86. The molecule has 0 saturated carbocycles. The van der Waals surface area contributed by atoms with Crippen LogP contribution >= 0.6 is 11.3 Å². The highest BCUT2D eigenvalue weighted by Crippen LogP contribution is 2.33. The molecule has 0 aliphatic carbocycles. The van der Waals surface area contributed by atoms with Gasteiger partial charge in [-0.15, -0.1) is 11.3 Å². The molecule has 0 N–H and O–H groups in total. The monoisotopic (exact) mass is 234 g/mol. The van der Waals surface area contributed by atoms with Crippen LogP contribution in [-0.2, 0) is 0 Å². The lowest BCUT2D eigenvalue weighted by Gasteiger charge is -2.04. The van der Waals surface area contributed by atoms with Crippen molar-refractivity contribution in [3.05, 3.63) is 60.0 Å². The summed E-state index contributed by atoms with van der Waals surface area (Å²) in [6, 6.07) is 19.7. The molecule has 0 unspecified atom stereocenters. The van der Waals surface area contributed by atoms with Gasteiger partial charge in [-0.3, -0.25) is 0 Å². The van der Waals surface area contributed by atoms with Gasteiger partial charge in [-0.2, -0.15) is 0 Å². The lowest BCUT2D eigenvalue weighted by atomic mass is 10.0. The van der Waals surface area contributed by atoms with E-state index in [4.69, 9.17) is 0 Å². The normalized spacial score (nSPS) is 11.5. The first kappa shape index (κ1) is 9.20. The summed E-state index contributed by atoms with van der Waals surface area (Å²) in [6.07, 6.45) is 0. The Bertz CT molecular complexity index is 840. The molecule has 3 aromatic carbocycles. The maximum absolute atomic E-state index is 2.25. The lowest BCUT2D eigenvalue weighted by Crippen LogP contribution is -1.77. The van der Waals surface area contributed by atoms with Crippen molar-refractivity contribution < 1.29 is 0 Å². The fraction of sp³-hybridized carbons (Fsp3) is 0. The summed E-state index contributed by atoms with van der Waals surface area (Å²) in [6.45, 7) is 0. The van der Waals surface area contributed by atoms with Crippen LogP contribution in [-0.4, -0.2) is 0 Å². The average Bonchev–Trinajstić information content (AvgIpc) is 2.86. The third-order valence-electron chi connectivity index (χ3n) is 3.36. The number of hydrogen-bond donors (Lipinski definition) is 0. The van der Waals surface area contributed by atoms with Crippen LogP contribution in [0, 0.1) is 0 Å². The van der Waals surface area contributed by atoms with Gasteiger partial charge >= 0.3 is 0 Å². The summed E-state index contributed by atoms with van der Waals surface area (Å²) in [5.74, 6) is 0. The largest absolute Gasteiger partial charge is 0.144 e. The van der Waals surface area contributed by atoms with E-state index >= 15 is 0 Å². The standard InChI is InChI=1S/C16H10S/c1-2-4-12-11(3-1)5-6-14-13(12)7-8-16-15(14)9-10-17-16/h1-10H. The van der Waals surface area contributed by atoms with Crippen molar-refractivity contribution in [1.29, 1.82) is 0 Å². The first-order chi connectivity index (χ1) is 8.43. The van der Waals surface area contributed by atoms with Gasteiger partial charge in [0.25, 0.3) is 0 Å². The summed E-state index contributed by atoms with van der Waals surface area (Å²) in [4.78, 5) is 0. The lowest BCUT2D eigenvalue weighted by molar-refractivity contribution is 1.80. The molecule has 0 radical (unpaired) electrons. The molecule has 0 atom stereocenters. The smallest absolute Gasteiger partial charge is 0.0349 e. The second-order valence-electron chi connectivity index (χ2n) is 4.28. The minimum atomic E-state index is 1.31. The second-order valence-corrected chi connectivity index (χ2v) is 5.23. The number of fused-ring (bicyclic) bond motifs is 5. The highest BCUT2D eigenvalue weighted by molar-refractivity contribution is 7.17. The third-order valence-corrected chi connectivity index (χ3v) is 4.24. The van der Waals surface area contributed by atoms with Crippen molar-refractivity contribution in [3.63, 3.8) is 0 Å². The molecule has 4 rings (SSSR count). The first-order valence-corrected chi connectivity index (χ1v) is 6.59. The molecule has 1 aromatic heterocycles. The molecule has 0 bridgehead atoms. The van der Waals surface area contributed by atoms with Crippen molar-refractivity contribution in [1.82, 2.24) is 0 Å². The number of benzene rings is 3. The van der Waals surface area contributed by atoms with Gasteiger partial charge in [-0.25, -0.2) is 0 Å². The van der Waals surface area contributed by atoms with E-state index in [1.807, 2.05) is 11.3 Å². The quantitative estimate of drug-likeness (QED) is 0.366. The van der Waals surface area contributed by atoms with Gasteiger partial charge in [-0.1, -0.05) is 42.5 Å². The van der Waals surface area contributed by atoms with Gasteiger partial charge in [0.15, 0.2) is 0 Å². The molecule has 0 spiro atoms.